The van der Waals surface area contributed by atoms with Gasteiger partial charge >= 0.3 is 0 Å². The van der Waals surface area contributed by atoms with E-state index in [4.69, 9.17) is 23.7 Å². The average molecular weight is 402 g/mol. The summed E-state index contributed by atoms with van der Waals surface area (Å²) in [5, 5.41) is 10.8. The van der Waals surface area contributed by atoms with Crippen molar-refractivity contribution in [3.63, 3.8) is 0 Å². The lowest BCUT2D eigenvalue weighted by atomic mass is 9.91. The predicted octanol–water partition coefficient (Wildman–Crippen LogP) is 3.17. The van der Waals surface area contributed by atoms with E-state index in [0.717, 1.165) is 16.9 Å². The molecule has 1 aliphatic rings. The third-order valence-electron chi connectivity index (χ3n) is 5.27. The number of hydrogen-bond donors (Lipinski definition) is 1. The van der Waals surface area contributed by atoms with Crippen molar-refractivity contribution >= 4 is 0 Å². The molecule has 1 fully saturated rings. The van der Waals surface area contributed by atoms with E-state index in [9.17, 15) is 5.11 Å². The maximum Gasteiger partial charge on any atom is 0.186 e. The highest BCUT2D eigenvalue weighted by molar-refractivity contribution is 5.26. The highest BCUT2D eigenvalue weighted by atomic mass is 16.7. The number of benzene rings is 2. The summed E-state index contributed by atoms with van der Waals surface area (Å²) in [6.07, 6.45) is -2.25. The molecule has 0 spiro atoms. The summed E-state index contributed by atoms with van der Waals surface area (Å²) in [5.74, 6) is 0.634. The zero-order valence-electron chi connectivity index (χ0n) is 17.2. The normalized spacial score (nSPS) is 27.0. The van der Waals surface area contributed by atoms with Crippen molar-refractivity contribution in [1.29, 1.82) is 0 Å². The van der Waals surface area contributed by atoms with E-state index in [1.54, 1.807) is 14.2 Å². The van der Waals surface area contributed by atoms with Crippen LogP contribution >= 0.6 is 0 Å². The highest BCUT2D eigenvalue weighted by Crippen LogP contribution is 2.29. The average Bonchev–Trinajstić information content (AvgIpc) is 2.77. The molecule has 2 aromatic rings. The molecule has 0 aromatic heterocycles. The van der Waals surface area contributed by atoms with Gasteiger partial charge < -0.3 is 28.8 Å². The fraction of sp³-hybridized carbons (Fsp3) is 0.478. The second-order valence-corrected chi connectivity index (χ2v) is 7.25. The van der Waals surface area contributed by atoms with E-state index in [1.165, 1.54) is 0 Å². The molecule has 2 aromatic carbocycles. The van der Waals surface area contributed by atoms with E-state index < -0.39 is 18.5 Å². The summed E-state index contributed by atoms with van der Waals surface area (Å²) >= 11 is 0. The molecule has 1 saturated heterocycles. The molecule has 1 heterocycles. The highest BCUT2D eigenvalue weighted by Gasteiger charge is 2.44. The second-order valence-electron chi connectivity index (χ2n) is 7.25. The van der Waals surface area contributed by atoms with Crippen molar-refractivity contribution in [2.75, 3.05) is 20.8 Å². The Bertz CT molecular complexity index is 718. The topological polar surface area (TPSA) is 66.4 Å². The number of aliphatic hydroxyl groups excluding tert-OH is 1. The number of aliphatic hydroxyl groups is 1. The number of rotatable bonds is 9. The first-order chi connectivity index (χ1) is 14.1. The van der Waals surface area contributed by atoms with Crippen LogP contribution in [0.5, 0.6) is 5.75 Å². The Morgan fingerprint density at radius 1 is 0.931 bits per heavy atom. The van der Waals surface area contributed by atoms with Crippen molar-refractivity contribution in [3.05, 3.63) is 65.7 Å². The van der Waals surface area contributed by atoms with Gasteiger partial charge in [-0.25, -0.2) is 0 Å². The van der Waals surface area contributed by atoms with Crippen LogP contribution in [0, 0.1) is 5.92 Å². The number of ether oxygens (including phenoxy) is 5. The molecular weight excluding hydrogens is 372 g/mol. The molecule has 1 N–H and O–H groups in total. The molecule has 0 saturated carbocycles. The van der Waals surface area contributed by atoms with Crippen LogP contribution in [0.2, 0.25) is 0 Å². The molecule has 0 aliphatic carbocycles. The number of methoxy groups -OCH3 is 2. The maximum atomic E-state index is 10.8. The van der Waals surface area contributed by atoms with Gasteiger partial charge in [-0.15, -0.1) is 0 Å². The van der Waals surface area contributed by atoms with Crippen LogP contribution < -0.4 is 4.74 Å². The maximum absolute atomic E-state index is 10.8. The van der Waals surface area contributed by atoms with Gasteiger partial charge in [-0.3, -0.25) is 0 Å². The first-order valence-corrected chi connectivity index (χ1v) is 9.85. The first kappa shape index (κ1) is 21.7. The lowest BCUT2D eigenvalue weighted by Crippen LogP contribution is -2.56. The van der Waals surface area contributed by atoms with Crippen molar-refractivity contribution in [2.24, 2.45) is 5.92 Å². The van der Waals surface area contributed by atoms with Gasteiger partial charge in [0.05, 0.1) is 39.1 Å². The molecule has 1 aliphatic heterocycles. The minimum atomic E-state index is -0.725. The van der Waals surface area contributed by atoms with Crippen LogP contribution in [0.1, 0.15) is 18.1 Å². The monoisotopic (exact) mass is 402 g/mol. The van der Waals surface area contributed by atoms with Crippen molar-refractivity contribution in [2.45, 2.75) is 44.7 Å². The summed E-state index contributed by atoms with van der Waals surface area (Å²) < 4.78 is 28.5. The summed E-state index contributed by atoms with van der Waals surface area (Å²) in [4.78, 5) is 0. The van der Waals surface area contributed by atoms with Crippen LogP contribution in [-0.2, 0) is 32.2 Å². The van der Waals surface area contributed by atoms with Crippen LogP contribution in [-0.4, -0.2) is 50.5 Å². The molecule has 0 radical (unpaired) electrons. The third kappa shape index (κ3) is 5.78. The molecule has 0 bridgehead atoms. The van der Waals surface area contributed by atoms with Crippen LogP contribution in [0.15, 0.2) is 54.6 Å². The molecule has 6 nitrogen and oxygen atoms in total. The zero-order valence-corrected chi connectivity index (χ0v) is 17.2. The lowest BCUT2D eigenvalue weighted by molar-refractivity contribution is -0.295. The first-order valence-electron chi connectivity index (χ1n) is 9.85. The quantitative estimate of drug-likeness (QED) is 0.695. The summed E-state index contributed by atoms with van der Waals surface area (Å²) in [7, 11) is 3.19. The Kier molecular flexibility index (Phi) is 8.03. The zero-order chi connectivity index (χ0) is 20.6. The van der Waals surface area contributed by atoms with E-state index >= 15 is 0 Å². The van der Waals surface area contributed by atoms with Crippen LogP contribution in [0.25, 0.3) is 0 Å². The number of hydrogen-bond acceptors (Lipinski definition) is 6. The Balaban J connectivity index is 1.53. The van der Waals surface area contributed by atoms with Crippen LogP contribution in [0.3, 0.4) is 0 Å². The molecule has 0 amide bonds. The van der Waals surface area contributed by atoms with Crippen LogP contribution in [0.4, 0.5) is 0 Å². The lowest BCUT2D eigenvalue weighted by Gasteiger charge is -2.42. The summed E-state index contributed by atoms with van der Waals surface area (Å²) in [6.45, 7) is 3.16. The fourth-order valence-electron chi connectivity index (χ4n) is 3.39. The molecule has 2 unspecified atom stereocenters. The Morgan fingerprint density at radius 2 is 1.62 bits per heavy atom. The minimum absolute atomic E-state index is 0.155. The van der Waals surface area contributed by atoms with Gasteiger partial charge in [-0.1, -0.05) is 49.4 Å². The third-order valence-corrected chi connectivity index (χ3v) is 5.27. The van der Waals surface area contributed by atoms with E-state index in [2.05, 4.69) is 0 Å². The SMILES string of the molecule is COc1ccc(COC2[C@H](OC)OC(COCc3ccccc3)[C@H](C)[C@@H]2O)cc1. The fourth-order valence-corrected chi connectivity index (χ4v) is 3.39. The van der Waals surface area contributed by atoms with E-state index in [1.807, 2.05) is 61.5 Å². The van der Waals surface area contributed by atoms with Crippen molar-refractivity contribution in [1.82, 2.24) is 0 Å². The molecule has 158 valence electrons. The van der Waals surface area contributed by atoms with Gasteiger partial charge in [0, 0.05) is 13.0 Å². The van der Waals surface area contributed by atoms with E-state index in [0.29, 0.717) is 19.8 Å². The van der Waals surface area contributed by atoms with Crippen molar-refractivity contribution < 1.29 is 28.8 Å². The standard InChI is InChI=1S/C23H30O6/c1-16-20(15-27-13-17-7-5-4-6-8-17)29-23(26-3)22(21(16)24)28-14-18-9-11-19(25-2)12-10-18/h4-12,16,20-24H,13-15H2,1-3H3/t16-,20?,21-,22?,23+/m0/s1. The smallest absolute Gasteiger partial charge is 0.186 e. The Morgan fingerprint density at radius 3 is 2.28 bits per heavy atom. The van der Waals surface area contributed by atoms with Gasteiger partial charge in [0.15, 0.2) is 6.29 Å². The van der Waals surface area contributed by atoms with Gasteiger partial charge in [0.2, 0.25) is 0 Å². The Hall–Kier alpha value is -1.96. The minimum Gasteiger partial charge on any atom is -0.497 e. The van der Waals surface area contributed by atoms with Gasteiger partial charge in [0.25, 0.3) is 0 Å². The largest absolute Gasteiger partial charge is 0.497 e. The Labute approximate surface area is 172 Å². The molecular formula is C23H30O6. The molecule has 6 heteroatoms. The van der Waals surface area contributed by atoms with Gasteiger partial charge in [-0.2, -0.15) is 0 Å². The molecule has 3 rings (SSSR count). The molecule has 5 atom stereocenters. The van der Waals surface area contributed by atoms with E-state index in [-0.39, 0.29) is 12.0 Å². The summed E-state index contributed by atoms with van der Waals surface area (Å²) in [6, 6.07) is 17.6. The summed E-state index contributed by atoms with van der Waals surface area (Å²) in [5.41, 5.74) is 2.08. The van der Waals surface area contributed by atoms with Gasteiger partial charge in [-0.05, 0) is 23.3 Å². The predicted molar refractivity (Wildman–Crippen MR) is 109 cm³/mol. The van der Waals surface area contributed by atoms with Crippen molar-refractivity contribution in [3.8, 4) is 5.75 Å². The molecule has 29 heavy (non-hydrogen) atoms. The second kappa shape index (κ2) is 10.7. The van der Waals surface area contributed by atoms with Gasteiger partial charge in [0.1, 0.15) is 11.9 Å².